The van der Waals surface area contributed by atoms with Crippen LogP contribution in [0.3, 0.4) is 0 Å². The summed E-state index contributed by atoms with van der Waals surface area (Å²) in [5.74, 6) is 0.528. The van der Waals surface area contributed by atoms with Crippen LogP contribution in [0.1, 0.15) is 30.9 Å². The Morgan fingerprint density at radius 3 is 2.27 bits per heavy atom. The van der Waals surface area contributed by atoms with E-state index in [1.165, 1.54) is 5.56 Å². The lowest BCUT2D eigenvalue weighted by atomic mass is 10.1. The molecule has 0 atom stereocenters. The van der Waals surface area contributed by atoms with Crippen molar-refractivity contribution in [1.82, 2.24) is 0 Å². The molecule has 0 spiro atoms. The number of nitrogens with one attached hydrogen (secondary N) is 3. The van der Waals surface area contributed by atoms with Gasteiger partial charge in [-0.25, -0.2) is 0 Å². The Hall–Kier alpha value is -3.80. The smallest absolute Gasteiger partial charge is 0.243 e. The van der Waals surface area contributed by atoms with Crippen LogP contribution >= 0.6 is 0 Å². The number of carbonyl (C=O) groups is 2. The highest BCUT2D eigenvalue weighted by Gasteiger charge is 2.09. The fraction of sp³-hybridized carbons (Fsp3) is 0.259. The largest absolute Gasteiger partial charge is 0.494 e. The zero-order chi connectivity index (χ0) is 23.5. The number of ether oxygens (including phenoxy) is 1. The molecule has 0 bridgehead atoms. The molecule has 0 radical (unpaired) electrons. The number of carbonyl (C=O) groups excluding carboxylic acids is 2. The van der Waals surface area contributed by atoms with Crippen LogP contribution in [0, 0.1) is 6.92 Å². The first-order valence-corrected chi connectivity index (χ1v) is 11.2. The Bertz CT molecular complexity index is 1070. The topological polar surface area (TPSA) is 79.5 Å². The van der Waals surface area contributed by atoms with Crippen molar-refractivity contribution in [1.29, 1.82) is 0 Å². The average Bonchev–Trinajstić information content (AvgIpc) is 2.84. The summed E-state index contributed by atoms with van der Waals surface area (Å²) in [7, 11) is 0. The van der Waals surface area contributed by atoms with E-state index in [0.29, 0.717) is 24.4 Å². The highest BCUT2D eigenvalue weighted by molar-refractivity contribution is 5.97. The van der Waals surface area contributed by atoms with Crippen LogP contribution in [-0.4, -0.2) is 25.0 Å². The highest BCUT2D eigenvalue weighted by Crippen LogP contribution is 2.23. The number of rotatable bonds is 11. The van der Waals surface area contributed by atoms with Crippen LogP contribution < -0.4 is 20.7 Å². The maximum atomic E-state index is 12.5. The van der Waals surface area contributed by atoms with E-state index in [1.54, 1.807) is 13.0 Å². The summed E-state index contributed by atoms with van der Waals surface area (Å²) in [5.41, 5.74) is 4.30. The Kier molecular flexibility index (Phi) is 8.88. The molecule has 0 aromatic heterocycles. The van der Waals surface area contributed by atoms with E-state index in [0.717, 1.165) is 29.8 Å². The maximum absolute atomic E-state index is 12.5. The van der Waals surface area contributed by atoms with E-state index in [4.69, 9.17) is 4.74 Å². The Morgan fingerprint density at radius 1 is 0.848 bits per heavy atom. The normalized spacial score (nSPS) is 10.4. The fourth-order valence-electron chi connectivity index (χ4n) is 3.33. The van der Waals surface area contributed by atoms with Crippen molar-refractivity contribution in [2.24, 2.45) is 0 Å². The third-order valence-corrected chi connectivity index (χ3v) is 5.21. The molecule has 3 rings (SSSR count). The highest BCUT2D eigenvalue weighted by atomic mass is 16.5. The van der Waals surface area contributed by atoms with Gasteiger partial charge in [0.1, 0.15) is 5.75 Å². The Balaban J connectivity index is 1.46. The molecule has 3 N–H and O–H groups in total. The zero-order valence-electron chi connectivity index (χ0n) is 19.2. The summed E-state index contributed by atoms with van der Waals surface area (Å²) >= 11 is 0. The van der Waals surface area contributed by atoms with Gasteiger partial charge in [-0.05, 0) is 55.2 Å². The summed E-state index contributed by atoms with van der Waals surface area (Å²) < 4.78 is 5.87. The van der Waals surface area contributed by atoms with Crippen LogP contribution in [0.15, 0.2) is 72.8 Å². The third kappa shape index (κ3) is 7.68. The summed E-state index contributed by atoms with van der Waals surface area (Å²) in [6, 6.07) is 23.4. The molecule has 6 nitrogen and oxygen atoms in total. The van der Waals surface area contributed by atoms with Crippen LogP contribution in [-0.2, 0) is 16.0 Å². The van der Waals surface area contributed by atoms with Gasteiger partial charge in [0, 0.05) is 29.5 Å². The molecular weight excluding hydrogens is 414 g/mol. The Morgan fingerprint density at radius 2 is 1.55 bits per heavy atom. The molecule has 0 aliphatic rings. The molecule has 0 saturated carbocycles. The zero-order valence-corrected chi connectivity index (χ0v) is 19.2. The molecular formula is C27H31N3O3. The van der Waals surface area contributed by atoms with Crippen LogP contribution in [0.25, 0.3) is 0 Å². The predicted molar refractivity (Wildman–Crippen MR) is 134 cm³/mol. The second kappa shape index (κ2) is 12.3. The molecule has 0 aliphatic carbocycles. The van der Waals surface area contributed by atoms with E-state index in [9.17, 15) is 9.59 Å². The van der Waals surface area contributed by atoms with Crippen LogP contribution in [0.5, 0.6) is 5.75 Å². The van der Waals surface area contributed by atoms with Gasteiger partial charge in [-0.1, -0.05) is 49.4 Å². The minimum atomic E-state index is -0.175. The monoisotopic (exact) mass is 445 g/mol. The second-order valence-corrected chi connectivity index (χ2v) is 7.75. The SMILES string of the molecule is CCC(=O)Nc1cccc(NC(=O)CNc2cccc(OCCCc3ccccc3)c2)c1C. The van der Waals surface area contributed by atoms with Crippen molar-refractivity contribution >= 4 is 28.9 Å². The molecule has 0 fully saturated rings. The van der Waals surface area contributed by atoms with E-state index in [1.807, 2.05) is 61.5 Å². The van der Waals surface area contributed by atoms with Crippen molar-refractivity contribution in [2.45, 2.75) is 33.1 Å². The predicted octanol–water partition coefficient (Wildman–Crippen LogP) is 5.41. The van der Waals surface area contributed by atoms with Crippen molar-refractivity contribution in [3.8, 4) is 5.75 Å². The molecule has 0 unspecified atom stereocenters. The molecule has 33 heavy (non-hydrogen) atoms. The quantitative estimate of drug-likeness (QED) is 0.345. The van der Waals surface area contributed by atoms with Gasteiger partial charge in [0.2, 0.25) is 11.8 Å². The van der Waals surface area contributed by atoms with Gasteiger partial charge in [-0.15, -0.1) is 0 Å². The summed E-state index contributed by atoms with van der Waals surface area (Å²) in [6.45, 7) is 4.41. The molecule has 0 heterocycles. The minimum Gasteiger partial charge on any atom is -0.494 e. The molecule has 2 amide bonds. The summed E-state index contributed by atoms with van der Waals surface area (Å²) in [5, 5.41) is 8.88. The van der Waals surface area contributed by atoms with Gasteiger partial charge >= 0.3 is 0 Å². The average molecular weight is 446 g/mol. The van der Waals surface area contributed by atoms with Crippen molar-refractivity contribution < 1.29 is 14.3 Å². The van der Waals surface area contributed by atoms with Crippen molar-refractivity contribution in [3.63, 3.8) is 0 Å². The van der Waals surface area contributed by atoms with E-state index >= 15 is 0 Å². The third-order valence-electron chi connectivity index (χ3n) is 5.21. The number of hydrogen-bond acceptors (Lipinski definition) is 4. The standard InChI is InChI=1S/C27H31N3O3/c1-3-26(31)29-24-15-8-16-25(20(24)2)30-27(32)19-28-22-13-7-14-23(18-22)33-17-9-12-21-10-5-4-6-11-21/h4-8,10-11,13-16,18,28H,3,9,12,17,19H2,1-2H3,(H,29,31)(H,30,32). The fourth-order valence-corrected chi connectivity index (χ4v) is 3.33. The van der Waals surface area contributed by atoms with Gasteiger partial charge < -0.3 is 20.7 Å². The van der Waals surface area contributed by atoms with Crippen molar-refractivity contribution in [3.05, 3.63) is 83.9 Å². The van der Waals surface area contributed by atoms with E-state index in [2.05, 4.69) is 28.1 Å². The van der Waals surface area contributed by atoms with Gasteiger partial charge in [0.15, 0.2) is 0 Å². The van der Waals surface area contributed by atoms with Gasteiger partial charge in [0.05, 0.1) is 13.2 Å². The van der Waals surface area contributed by atoms with Gasteiger partial charge in [-0.2, -0.15) is 0 Å². The number of benzene rings is 3. The van der Waals surface area contributed by atoms with Gasteiger partial charge in [-0.3, -0.25) is 9.59 Å². The first-order valence-electron chi connectivity index (χ1n) is 11.2. The second-order valence-electron chi connectivity index (χ2n) is 7.75. The first-order chi connectivity index (χ1) is 16.0. The molecule has 0 aliphatic heterocycles. The molecule has 0 saturated heterocycles. The minimum absolute atomic E-state index is 0.0644. The first kappa shape index (κ1) is 23.9. The number of hydrogen-bond donors (Lipinski definition) is 3. The number of amides is 2. The lowest BCUT2D eigenvalue weighted by molar-refractivity contribution is -0.116. The molecule has 6 heteroatoms. The molecule has 3 aromatic carbocycles. The van der Waals surface area contributed by atoms with Crippen LogP contribution in [0.2, 0.25) is 0 Å². The summed E-state index contributed by atoms with van der Waals surface area (Å²) in [4.78, 5) is 24.1. The maximum Gasteiger partial charge on any atom is 0.243 e. The van der Waals surface area contributed by atoms with Crippen LogP contribution in [0.4, 0.5) is 17.1 Å². The number of aryl methyl sites for hydroxylation is 1. The van der Waals surface area contributed by atoms with Gasteiger partial charge in [0.25, 0.3) is 0 Å². The van der Waals surface area contributed by atoms with E-state index < -0.39 is 0 Å². The summed E-state index contributed by atoms with van der Waals surface area (Å²) in [6.07, 6.45) is 2.30. The molecule has 3 aromatic rings. The lowest BCUT2D eigenvalue weighted by Gasteiger charge is -2.14. The van der Waals surface area contributed by atoms with E-state index in [-0.39, 0.29) is 18.4 Å². The number of anilines is 3. The Labute approximate surface area is 195 Å². The lowest BCUT2D eigenvalue weighted by Crippen LogP contribution is -2.22. The molecule has 172 valence electrons. The van der Waals surface area contributed by atoms with Crippen molar-refractivity contribution in [2.75, 3.05) is 29.1 Å².